The predicted molar refractivity (Wildman–Crippen MR) is 26.3 cm³/mol. The topological polar surface area (TPSA) is 40.1 Å². The molecule has 9 heteroatoms. The molecule has 0 radical (unpaired) electrons. The van der Waals surface area contributed by atoms with Crippen LogP contribution in [0.4, 0.5) is 22.0 Å². The van der Waals surface area contributed by atoms with Crippen molar-refractivity contribution in [3.8, 4) is 0 Å². The molecule has 0 amide bonds. The number of halogens is 5. The van der Waals surface area contributed by atoms with Crippen LogP contribution < -0.4 is 18.9 Å². The van der Waals surface area contributed by atoms with E-state index >= 15 is 0 Å². The second-order valence-corrected chi connectivity index (χ2v) is 2.23. The zero-order chi connectivity index (χ0) is 8.58. The molecule has 0 aliphatic heterocycles. The molecule has 12 heavy (non-hydrogen) atoms. The molecular weight excluding hydrogens is 202 g/mol. The Kier molecular flexibility index (Phi) is 7.84. The number of hydrogen-bond donors (Lipinski definition) is 0. The molecule has 0 fully saturated rings. The van der Waals surface area contributed by atoms with Gasteiger partial charge in [-0.1, -0.05) is 0 Å². The Hall–Kier alpha value is 0.357. The van der Waals surface area contributed by atoms with Gasteiger partial charge in [-0.25, -0.2) is 0 Å². The smallest absolute Gasteiger partial charge is 0.768 e. The molecule has 0 bridgehead atoms. The number of rotatable bonds is 1. The summed E-state index contributed by atoms with van der Waals surface area (Å²) in [7, 11) is 0. The van der Waals surface area contributed by atoms with E-state index in [1.54, 1.807) is 0 Å². The zero-order valence-corrected chi connectivity index (χ0v) is 6.93. The average Bonchev–Trinajstić information content (AvgIpc) is 1.62. The fourth-order valence-corrected chi connectivity index (χ4v) is 0.283. The number of hydrogen-bond acceptors (Lipinski definition) is 2. The first-order valence-corrected chi connectivity index (χ1v) is 2.81. The molecular formula is C3H3F5LiO2S-. The zero-order valence-electron chi connectivity index (χ0n) is 6.11. The fraction of sp³-hybridized carbons (Fsp3) is 0.667. The quantitative estimate of drug-likeness (QED) is 0.225. The Balaban J connectivity index is -0.000000405. The van der Waals surface area contributed by atoms with E-state index in [0.717, 1.165) is 0 Å². The predicted octanol–water partition coefficient (Wildman–Crippen LogP) is -1.53. The molecule has 0 spiro atoms. The normalized spacial score (nSPS) is 14.2. The SMILES string of the molecule is O=S([O-])C(F)(F)C(F)(F)F.[CH3-].[Li+]. The Morgan fingerprint density at radius 1 is 1.08 bits per heavy atom. The van der Waals surface area contributed by atoms with Crippen LogP contribution in [0, 0.1) is 7.43 Å². The summed E-state index contributed by atoms with van der Waals surface area (Å²) < 4.78 is 73.8. The van der Waals surface area contributed by atoms with Gasteiger partial charge in [-0.3, -0.25) is 4.21 Å². The summed E-state index contributed by atoms with van der Waals surface area (Å²) in [4.78, 5) is 0. The van der Waals surface area contributed by atoms with Gasteiger partial charge in [0.15, 0.2) is 0 Å². The molecule has 0 saturated carbocycles. The molecule has 1 unspecified atom stereocenters. The van der Waals surface area contributed by atoms with E-state index in [0.29, 0.717) is 0 Å². The molecule has 0 heterocycles. The van der Waals surface area contributed by atoms with Gasteiger partial charge in [-0.2, -0.15) is 22.0 Å². The second-order valence-electron chi connectivity index (χ2n) is 1.25. The second kappa shape index (κ2) is 5.17. The third-order valence-electron chi connectivity index (χ3n) is 0.539. The molecule has 1 atom stereocenters. The monoisotopic (exact) mass is 205 g/mol. The average molecular weight is 205 g/mol. The van der Waals surface area contributed by atoms with E-state index in [1.807, 2.05) is 0 Å². The van der Waals surface area contributed by atoms with Crippen LogP contribution in [0.2, 0.25) is 0 Å². The molecule has 0 aromatic rings. The third-order valence-corrected chi connectivity index (χ3v) is 1.19. The van der Waals surface area contributed by atoms with E-state index in [2.05, 4.69) is 0 Å². The van der Waals surface area contributed by atoms with Crippen molar-refractivity contribution in [3.05, 3.63) is 7.43 Å². The molecule has 0 N–H and O–H groups in total. The molecule has 70 valence electrons. The van der Waals surface area contributed by atoms with Crippen molar-refractivity contribution in [1.82, 2.24) is 0 Å². The van der Waals surface area contributed by atoms with Crippen molar-refractivity contribution in [1.29, 1.82) is 0 Å². The van der Waals surface area contributed by atoms with Crippen molar-refractivity contribution >= 4 is 11.1 Å². The van der Waals surface area contributed by atoms with Gasteiger partial charge in [0, 0.05) is 11.1 Å². The summed E-state index contributed by atoms with van der Waals surface area (Å²) >= 11 is -4.45. The van der Waals surface area contributed by atoms with Crippen molar-refractivity contribution in [2.75, 3.05) is 0 Å². The van der Waals surface area contributed by atoms with Crippen LogP contribution in [-0.2, 0) is 11.1 Å². The van der Waals surface area contributed by atoms with Crippen LogP contribution in [0.1, 0.15) is 0 Å². The van der Waals surface area contributed by atoms with E-state index in [1.165, 1.54) is 0 Å². The van der Waals surface area contributed by atoms with Gasteiger partial charge in [0.25, 0.3) is 0 Å². The molecule has 0 rings (SSSR count). The molecule has 0 aromatic heterocycles. The third kappa shape index (κ3) is 3.85. The van der Waals surface area contributed by atoms with Crippen LogP contribution in [0.25, 0.3) is 0 Å². The van der Waals surface area contributed by atoms with E-state index in [9.17, 15) is 30.7 Å². The maximum absolute atomic E-state index is 11.3. The molecule has 0 aromatic carbocycles. The minimum absolute atomic E-state index is 0. The van der Waals surface area contributed by atoms with Gasteiger partial charge in [0.05, 0.1) is 0 Å². The Labute approximate surface area is 80.0 Å². The molecule has 0 saturated heterocycles. The van der Waals surface area contributed by atoms with E-state index < -0.39 is 22.5 Å². The standard InChI is InChI=1S/C2HF5O2S.CH3.Li/c3-1(4,5)2(6,7)10(8)9;;/h(H,8,9);1H3;/q;-1;+1/p-1. The van der Waals surface area contributed by atoms with Crippen LogP contribution in [0.5, 0.6) is 0 Å². The summed E-state index contributed by atoms with van der Waals surface area (Å²) in [6.07, 6.45) is -6.03. The van der Waals surface area contributed by atoms with Gasteiger partial charge in [0.2, 0.25) is 0 Å². The minimum Gasteiger partial charge on any atom is -0.768 e. The van der Waals surface area contributed by atoms with Crippen molar-refractivity contribution < 1.29 is 49.6 Å². The summed E-state index contributed by atoms with van der Waals surface area (Å²) in [5, 5.41) is -5.65. The molecule has 0 aliphatic carbocycles. The first kappa shape index (κ1) is 18.2. The Bertz CT molecular complexity index is 157. The van der Waals surface area contributed by atoms with Gasteiger partial charge in [-0.05, 0) is 0 Å². The van der Waals surface area contributed by atoms with Gasteiger partial charge >= 0.3 is 30.3 Å². The number of alkyl halides is 5. The van der Waals surface area contributed by atoms with Crippen molar-refractivity contribution in [3.63, 3.8) is 0 Å². The summed E-state index contributed by atoms with van der Waals surface area (Å²) in [5.41, 5.74) is 0. The van der Waals surface area contributed by atoms with Gasteiger partial charge in [0.1, 0.15) is 0 Å². The summed E-state index contributed by atoms with van der Waals surface area (Å²) in [5.74, 6) is 0. The summed E-state index contributed by atoms with van der Waals surface area (Å²) in [6.45, 7) is 0. The molecule has 2 nitrogen and oxygen atoms in total. The van der Waals surface area contributed by atoms with Crippen LogP contribution in [0.15, 0.2) is 0 Å². The van der Waals surface area contributed by atoms with E-state index in [4.69, 9.17) is 0 Å². The van der Waals surface area contributed by atoms with Crippen LogP contribution in [0.3, 0.4) is 0 Å². The van der Waals surface area contributed by atoms with Gasteiger partial charge in [-0.15, -0.1) is 0 Å². The maximum atomic E-state index is 11.3. The minimum atomic E-state index is -6.03. The first-order chi connectivity index (χ1) is 4.19. The van der Waals surface area contributed by atoms with Crippen molar-refractivity contribution in [2.45, 2.75) is 11.4 Å². The van der Waals surface area contributed by atoms with Crippen LogP contribution >= 0.6 is 0 Å². The molecule has 0 aliphatic rings. The van der Waals surface area contributed by atoms with E-state index in [-0.39, 0.29) is 26.3 Å². The maximum Gasteiger partial charge on any atom is 1.00 e. The largest absolute Gasteiger partial charge is 1.00 e. The first-order valence-electron chi connectivity index (χ1n) is 1.73. The van der Waals surface area contributed by atoms with Gasteiger partial charge < -0.3 is 12.0 Å². The Morgan fingerprint density at radius 2 is 1.33 bits per heavy atom. The summed E-state index contributed by atoms with van der Waals surface area (Å²) in [6, 6.07) is 0. The van der Waals surface area contributed by atoms with Crippen LogP contribution in [-0.4, -0.2) is 20.2 Å². The Morgan fingerprint density at radius 3 is 1.33 bits per heavy atom. The fourth-order valence-electron chi connectivity index (χ4n) is 0.0945. The van der Waals surface area contributed by atoms with Crippen molar-refractivity contribution in [2.24, 2.45) is 0 Å².